The van der Waals surface area contributed by atoms with E-state index in [0.29, 0.717) is 18.0 Å². The van der Waals surface area contributed by atoms with E-state index in [1.54, 1.807) is 18.2 Å². The van der Waals surface area contributed by atoms with Crippen molar-refractivity contribution < 1.29 is 8.42 Å². The zero-order valence-corrected chi connectivity index (χ0v) is 14.2. The molecule has 0 bridgehead atoms. The summed E-state index contributed by atoms with van der Waals surface area (Å²) < 4.78 is 27.0. The number of aryl methyl sites for hydroxylation is 1. The Balaban J connectivity index is 3.30. The van der Waals surface area contributed by atoms with Gasteiger partial charge in [-0.25, -0.2) is 8.42 Å². The van der Waals surface area contributed by atoms with Crippen LogP contribution in [-0.4, -0.2) is 32.4 Å². The molecule has 0 amide bonds. The largest absolute Gasteiger partial charge is 0.316 e. The number of rotatable bonds is 8. The molecule has 0 aromatic heterocycles. The van der Waals surface area contributed by atoms with Crippen molar-refractivity contribution in [3.8, 4) is 0 Å². The summed E-state index contributed by atoms with van der Waals surface area (Å²) in [4.78, 5) is 0.348. The van der Waals surface area contributed by atoms with Crippen molar-refractivity contribution in [2.45, 2.75) is 44.7 Å². The highest BCUT2D eigenvalue weighted by Crippen LogP contribution is 2.22. The molecule has 0 heterocycles. The minimum absolute atomic E-state index is 0.105. The van der Waals surface area contributed by atoms with Gasteiger partial charge in [-0.2, -0.15) is 4.31 Å². The summed E-state index contributed by atoms with van der Waals surface area (Å²) in [5.41, 5.74) is 2.20. The van der Waals surface area contributed by atoms with Crippen molar-refractivity contribution >= 4 is 10.0 Å². The summed E-state index contributed by atoms with van der Waals surface area (Å²) >= 11 is 0. The van der Waals surface area contributed by atoms with Crippen LogP contribution in [0, 0.1) is 0 Å². The minimum Gasteiger partial charge on any atom is -0.316 e. The van der Waals surface area contributed by atoms with Crippen molar-refractivity contribution in [2.75, 3.05) is 13.6 Å². The SMILES string of the molecule is C=CCN(C(C)C)S(=O)(=O)c1ccc(CC)c(CNC)c1. The molecule has 0 radical (unpaired) electrons. The predicted octanol–water partition coefficient (Wildman–Crippen LogP) is 2.55. The van der Waals surface area contributed by atoms with Gasteiger partial charge >= 0.3 is 0 Å². The van der Waals surface area contributed by atoms with Crippen LogP contribution in [0.15, 0.2) is 35.7 Å². The molecule has 1 aromatic rings. The van der Waals surface area contributed by atoms with Crippen LogP contribution < -0.4 is 5.32 Å². The number of benzene rings is 1. The molecule has 0 aliphatic heterocycles. The zero-order chi connectivity index (χ0) is 16.0. The third-order valence-electron chi connectivity index (χ3n) is 3.42. The first-order chi connectivity index (χ1) is 9.88. The molecule has 118 valence electrons. The first-order valence-electron chi connectivity index (χ1n) is 7.27. The molecule has 0 saturated heterocycles. The Kier molecular flexibility index (Phi) is 6.58. The van der Waals surface area contributed by atoms with E-state index < -0.39 is 10.0 Å². The Morgan fingerprint density at radius 1 is 1.33 bits per heavy atom. The second-order valence-corrected chi connectivity index (χ2v) is 7.16. The maximum absolute atomic E-state index is 12.8. The lowest BCUT2D eigenvalue weighted by atomic mass is 10.1. The molecule has 0 spiro atoms. The van der Waals surface area contributed by atoms with Gasteiger partial charge in [0, 0.05) is 19.1 Å². The Morgan fingerprint density at radius 3 is 2.48 bits per heavy atom. The summed E-state index contributed by atoms with van der Waals surface area (Å²) in [6.45, 7) is 10.4. The molecule has 0 atom stereocenters. The molecule has 4 nitrogen and oxygen atoms in total. The van der Waals surface area contributed by atoms with Crippen LogP contribution in [0.1, 0.15) is 31.9 Å². The van der Waals surface area contributed by atoms with Gasteiger partial charge in [0.15, 0.2) is 0 Å². The van der Waals surface area contributed by atoms with Gasteiger partial charge < -0.3 is 5.32 Å². The van der Waals surface area contributed by atoms with Crippen LogP contribution in [0.3, 0.4) is 0 Å². The van der Waals surface area contributed by atoms with Crippen LogP contribution >= 0.6 is 0 Å². The number of nitrogens with zero attached hydrogens (tertiary/aromatic N) is 1. The molecule has 1 rings (SSSR count). The summed E-state index contributed by atoms with van der Waals surface area (Å²) in [7, 11) is -1.63. The van der Waals surface area contributed by atoms with Crippen molar-refractivity contribution in [3.63, 3.8) is 0 Å². The Labute approximate surface area is 128 Å². The quantitative estimate of drug-likeness (QED) is 0.751. The van der Waals surface area contributed by atoms with Gasteiger partial charge in [-0.3, -0.25) is 0 Å². The number of hydrogen-bond donors (Lipinski definition) is 1. The Morgan fingerprint density at radius 2 is 2.00 bits per heavy atom. The second kappa shape index (κ2) is 7.73. The topological polar surface area (TPSA) is 49.4 Å². The fourth-order valence-corrected chi connectivity index (χ4v) is 3.97. The molecule has 0 aliphatic rings. The van der Waals surface area contributed by atoms with Crippen LogP contribution in [0.25, 0.3) is 0 Å². The van der Waals surface area contributed by atoms with Gasteiger partial charge in [0.2, 0.25) is 10.0 Å². The molecule has 0 fully saturated rings. The van der Waals surface area contributed by atoms with E-state index in [9.17, 15) is 8.42 Å². The van der Waals surface area contributed by atoms with Gasteiger partial charge in [0.1, 0.15) is 0 Å². The average molecular weight is 310 g/mol. The third-order valence-corrected chi connectivity index (χ3v) is 5.46. The van der Waals surface area contributed by atoms with E-state index in [2.05, 4.69) is 18.8 Å². The lowest BCUT2D eigenvalue weighted by Crippen LogP contribution is -2.37. The van der Waals surface area contributed by atoms with E-state index in [0.717, 1.165) is 12.0 Å². The molecule has 1 aromatic carbocycles. The van der Waals surface area contributed by atoms with Gasteiger partial charge in [0.05, 0.1) is 4.90 Å². The van der Waals surface area contributed by atoms with E-state index in [1.807, 2.05) is 27.0 Å². The van der Waals surface area contributed by atoms with E-state index in [-0.39, 0.29) is 6.04 Å². The number of nitrogens with one attached hydrogen (secondary N) is 1. The van der Waals surface area contributed by atoms with Crippen molar-refractivity contribution in [1.82, 2.24) is 9.62 Å². The van der Waals surface area contributed by atoms with Crippen molar-refractivity contribution in [3.05, 3.63) is 42.0 Å². The second-order valence-electron chi connectivity index (χ2n) is 5.27. The molecule has 5 heteroatoms. The molecular weight excluding hydrogens is 284 g/mol. The molecule has 0 saturated carbocycles. The smallest absolute Gasteiger partial charge is 0.243 e. The summed E-state index contributed by atoms with van der Waals surface area (Å²) in [5.74, 6) is 0. The van der Waals surface area contributed by atoms with E-state index in [4.69, 9.17) is 0 Å². The summed E-state index contributed by atoms with van der Waals surface area (Å²) in [6, 6.07) is 5.28. The van der Waals surface area contributed by atoms with Crippen molar-refractivity contribution in [1.29, 1.82) is 0 Å². The predicted molar refractivity (Wildman–Crippen MR) is 87.8 cm³/mol. The maximum atomic E-state index is 12.8. The van der Waals surface area contributed by atoms with Gasteiger partial charge in [0.25, 0.3) is 0 Å². The van der Waals surface area contributed by atoms with E-state index in [1.165, 1.54) is 9.87 Å². The first-order valence-corrected chi connectivity index (χ1v) is 8.71. The zero-order valence-electron chi connectivity index (χ0n) is 13.4. The highest BCUT2D eigenvalue weighted by molar-refractivity contribution is 7.89. The normalized spacial score (nSPS) is 12.1. The summed E-state index contributed by atoms with van der Waals surface area (Å²) in [6.07, 6.45) is 2.50. The maximum Gasteiger partial charge on any atom is 0.243 e. The molecule has 0 unspecified atom stereocenters. The Bertz CT molecular complexity index is 580. The minimum atomic E-state index is -3.49. The van der Waals surface area contributed by atoms with Gasteiger partial charge in [-0.15, -0.1) is 6.58 Å². The lowest BCUT2D eigenvalue weighted by molar-refractivity contribution is 0.383. The van der Waals surface area contributed by atoms with Crippen molar-refractivity contribution in [2.24, 2.45) is 0 Å². The van der Waals surface area contributed by atoms with E-state index >= 15 is 0 Å². The average Bonchev–Trinajstić information content (AvgIpc) is 2.44. The number of sulfonamides is 1. The first kappa shape index (κ1) is 17.9. The fourth-order valence-electron chi connectivity index (χ4n) is 2.31. The molecule has 21 heavy (non-hydrogen) atoms. The molecule has 1 N–H and O–H groups in total. The van der Waals surface area contributed by atoms with Crippen LogP contribution in [0.4, 0.5) is 0 Å². The lowest BCUT2D eigenvalue weighted by Gasteiger charge is -2.25. The third kappa shape index (κ3) is 4.15. The molecular formula is C16H26N2O2S. The molecule has 0 aliphatic carbocycles. The summed E-state index contributed by atoms with van der Waals surface area (Å²) in [5, 5.41) is 3.09. The van der Waals surface area contributed by atoms with Crippen LogP contribution in [0.2, 0.25) is 0 Å². The van der Waals surface area contributed by atoms with Gasteiger partial charge in [-0.05, 0) is 50.6 Å². The number of hydrogen-bond acceptors (Lipinski definition) is 3. The van der Waals surface area contributed by atoms with Crippen LogP contribution in [0.5, 0.6) is 0 Å². The van der Waals surface area contributed by atoms with Gasteiger partial charge in [-0.1, -0.05) is 19.1 Å². The fraction of sp³-hybridized carbons (Fsp3) is 0.500. The highest BCUT2D eigenvalue weighted by atomic mass is 32.2. The monoisotopic (exact) mass is 310 g/mol. The highest BCUT2D eigenvalue weighted by Gasteiger charge is 2.26. The van der Waals surface area contributed by atoms with Crippen LogP contribution in [-0.2, 0) is 23.0 Å². The Hall–Kier alpha value is -1.17. The standard InChI is InChI=1S/C16H26N2O2S/c1-6-10-18(13(3)4)21(19,20)16-9-8-14(7-2)15(11-16)12-17-5/h6,8-9,11,13,17H,1,7,10,12H2,2-5H3.